The summed E-state index contributed by atoms with van der Waals surface area (Å²) < 4.78 is 11.7. The van der Waals surface area contributed by atoms with Crippen molar-refractivity contribution in [3.63, 3.8) is 0 Å². The molecule has 3 rings (SSSR count). The van der Waals surface area contributed by atoms with Crippen LogP contribution in [0.3, 0.4) is 0 Å². The zero-order valence-electron chi connectivity index (χ0n) is 21.6. The molecular formula is C27H39N3O5. The first-order chi connectivity index (χ1) is 16.7. The molecule has 3 atom stereocenters. The highest BCUT2D eigenvalue weighted by molar-refractivity contribution is 5.97. The maximum absolute atomic E-state index is 13.5. The molecular weight excluding hydrogens is 446 g/mol. The lowest BCUT2D eigenvalue weighted by molar-refractivity contribution is -0.138. The average molecular weight is 486 g/mol. The molecule has 192 valence electrons. The summed E-state index contributed by atoms with van der Waals surface area (Å²) in [6, 6.07) is 1.35. The van der Waals surface area contributed by atoms with Crippen molar-refractivity contribution in [2.24, 2.45) is 17.8 Å². The Balaban J connectivity index is 1.88. The van der Waals surface area contributed by atoms with Crippen LogP contribution in [-0.4, -0.2) is 83.8 Å². The van der Waals surface area contributed by atoms with Gasteiger partial charge < -0.3 is 24.4 Å². The Labute approximate surface area is 209 Å². The first kappa shape index (κ1) is 27.0. The van der Waals surface area contributed by atoms with Crippen molar-refractivity contribution >= 4 is 11.8 Å². The van der Waals surface area contributed by atoms with Crippen LogP contribution in [0.5, 0.6) is 5.88 Å². The van der Waals surface area contributed by atoms with E-state index < -0.39 is 0 Å². The minimum Gasteiger partial charge on any atom is -0.472 e. The van der Waals surface area contributed by atoms with Crippen molar-refractivity contribution in [1.29, 1.82) is 0 Å². The summed E-state index contributed by atoms with van der Waals surface area (Å²) in [6.45, 7) is 9.86. The van der Waals surface area contributed by atoms with Gasteiger partial charge in [0.1, 0.15) is 11.7 Å². The topological polar surface area (TPSA) is 92.2 Å². The van der Waals surface area contributed by atoms with E-state index in [1.54, 1.807) is 29.1 Å². The number of carbonyl (C=O) groups excluding carboxylic acids is 2. The van der Waals surface area contributed by atoms with Gasteiger partial charge in [-0.2, -0.15) is 0 Å². The molecule has 2 amide bonds. The van der Waals surface area contributed by atoms with Crippen LogP contribution in [0.4, 0.5) is 0 Å². The second kappa shape index (κ2) is 12.4. The van der Waals surface area contributed by atoms with Crippen molar-refractivity contribution in [2.45, 2.75) is 59.1 Å². The van der Waals surface area contributed by atoms with E-state index in [4.69, 9.17) is 9.47 Å². The number of amides is 2. The van der Waals surface area contributed by atoms with Gasteiger partial charge in [0.15, 0.2) is 0 Å². The van der Waals surface area contributed by atoms with Crippen molar-refractivity contribution in [2.75, 3.05) is 40.0 Å². The molecule has 2 aliphatic rings. The van der Waals surface area contributed by atoms with Crippen LogP contribution in [0.2, 0.25) is 0 Å². The van der Waals surface area contributed by atoms with E-state index in [1.165, 1.54) is 0 Å². The highest BCUT2D eigenvalue weighted by Crippen LogP contribution is 2.28. The molecule has 0 aliphatic carbocycles. The second-order valence-electron chi connectivity index (χ2n) is 10.2. The molecule has 0 unspecified atom stereocenters. The van der Waals surface area contributed by atoms with Gasteiger partial charge in [0, 0.05) is 56.8 Å². The van der Waals surface area contributed by atoms with Crippen molar-refractivity contribution < 1.29 is 24.2 Å². The Morgan fingerprint density at radius 3 is 2.69 bits per heavy atom. The lowest BCUT2D eigenvalue weighted by atomic mass is 9.97. The normalized spacial score (nSPS) is 21.8. The molecule has 0 bridgehead atoms. The fourth-order valence-corrected chi connectivity index (χ4v) is 4.36. The van der Waals surface area contributed by atoms with Gasteiger partial charge in [0.25, 0.3) is 5.91 Å². The maximum Gasteiger partial charge on any atom is 0.259 e. The summed E-state index contributed by atoms with van der Waals surface area (Å²) in [7, 11) is 1.80. The first-order valence-electron chi connectivity index (χ1n) is 12.6. The Morgan fingerprint density at radius 2 is 2.03 bits per heavy atom. The summed E-state index contributed by atoms with van der Waals surface area (Å²) in [5.41, 5.74) is 0.979. The molecule has 0 aromatic carbocycles. The van der Waals surface area contributed by atoms with Crippen LogP contribution in [0.15, 0.2) is 12.3 Å². The van der Waals surface area contributed by atoms with Crippen LogP contribution < -0.4 is 4.74 Å². The predicted octanol–water partition coefficient (Wildman–Crippen LogP) is 2.58. The molecule has 0 spiro atoms. The second-order valence-corrected chi connectivity index (χ2v) is 10.2. The average Bonchev–Trinajstić information content (AvgIpc) is 2.85. The number of hydrogen-bond acceptors (Lipinski definition) is 6. The third-order valence-electron chi connectivity index (χ3n) is 6.66. The fraction of sp³-hybridized carbons (Fsp3) is 0.667. The molecule has 1 N–H and O–H groups in total. The van der Waals surface area contributed by atoms with Gasteiger partial charge in [-0.25, -0.2) is 4.98 Å². The highest BCUT2D eigenvalue weighted by Gasteiger charge is 2.35. The predicted molar refractivity (Wildman–Crippen MR) is 133 cm³/mol. The largest absolute Gasteiger partial charge is 0.472 e. The number of aliphatic hydroxyl groups is 1. The number of nitrogens with zero attached hydrogens (tertiary/aromatic N) is 3. The number of hydrogen-bond donors (Lipinski definition) is 1. The molecule has 2 aliphatic heterocycles. The molecule has 3 heterocycles. The number of aliphatic hydroxyl groups excluding tert-OH is 1. The van der Waals surface area contributed by atoms with Crippen molar-refractivity contribution in [3.8, 4) is 17.7 Å². The van der Waals surface area contributed by atoms with Gasteiger partial charge in [-0.05, 0) is 31.7 Å². The number of aromatic nitrogens is 1. The number of rotatable bonds is 6. The zero-order chi connectivity index (χ0) is 25.5. The first-order valence-corrected chi connectivity index (χ1v) is 12.6. The van der Waals surface area contributed by atoms with E-state index >= 15 is 0 Å². The third-order valence-corrected chi connectivity index (χ3v) is 6.66. The summed E-state index contributed by atoms with van der Waals surface area (Å²) in [5.74, 6) is 6.64. The quantitative estimate of drug-likeness (QED) is 0.623. The number of carbonyl (C=O) groups is 2. The van der Waals surface area contributed by atoms with Crippen LogP contribution >= 0.6 is 0 Å². The van der Waals surface area contributed by atoms with Gasteiger partial charge in [-0.15, -0.1) is 0 Å². The monoisotopic (exact) mass is 485 g/mol. The van der Waals surface area contributed by atoms with Crippen LogP contribution in [0.1, 0.15) is 62.9 Å². The van der Waals surface area contributed by atoms with E-state index in [0.717, 1.165) is 19.3 Å². The van der Waals surface area contributed by atoms with E-state index in [9.17, 15) is 14.7 Å². The van der Waals surface area contributed by atoms with Gasteiger partial charge in [-0.1, -0.05) is 32.6 Å². The molecule has 8 heteroatoms. The van der Waals surface area contributed by atoms with E-state index in [1.807, 2.05) is 13.8 Å². The van der Waals surface area contributed by atoms with Gasteiger partial charge >= 0.3 is 0 Å². The molecule has 8 nitrogen and oxygen atoms in total. The van der Waals surface area contributed by atoms with Gasteiger partial charge in [0.05, 0.1) is 19.2 Å². The van der Waals surface area contributed by atoms with E-state index in [2.05, 4.69) is 30.7 Å². The Hall–Kier alpha value is -2.63. The van der Waals surface area contributed by atoms with Crippen molar-refractivity contribution in [3.05, 3.63) is 23.4 Å². The van der Waals surface area contributed by atoms with Gasteiger partial charge in [-0.3, -0.25) is 9.59 Å². The number of ether oxygens (including phenoxy) is 2. The molecule has 1 saturated heterocycles. The fourth-order valence-electron chi connectivity index (χ4n) is 4.36. The Bertz CT molecular complexity index is 948. The molecule has 0 radical (unpaired) electrons. The number of fused-ring (bicyclic) bond motifs is 1. The number of pyridine rings is 1. The van der Waals surface area contributed by atoms with Crippen LogP contribution in [0.25, 0.3) is 0 Å². The Morgan fingerprint density at radius 1 is 1.31 bits per heavy atom. The maximum atomic E-state index is 13.5. The SMILES string of the molecule is CC(C)CC#Cc1cnc2c(c1)C(=O)N([C@H](C)CO)C[C@H](C)[C@H](CN(C)C(=O)C1CCOCC1)O2. The summed E-state index contributed by atoms with van der Waals surface area (Å²) in [5, 5.41) is 9.83. The molecule has 1 aromatic rings. The van der Waals surface area contributed by atoms with E-state index in [0.29, 0.717) is 43.3 Å². The zero-order valence-corrected chi connectivity index (χ0v) is 21.6. The van der Waals surface area contributed by atoms with Crippen LogP contribution in [-0.2, 0) is 9.53 Å². The van der Waals surface area contributed by atoms with Crippen LogP contribution in [0, 0.1) is 29.6 Å². The lowest BCUT2D eigenvalue weighted by Gasteiger charge is -2.38. The summed E-state index contributed by atoms with van der Waals surface area (Å²) >= 11 is 0. The highest BCUT2D eigenvalue weighted by atomic mass is 16.5. The molecule has 0 saturated carbocycles. The summed E-state index contributed by atoms with van der Waals surface area (Å²) in [6.07, 6.45) is 3.47. The molecule has 35 heavy (non-hydrogen) atoms. The lowest BCUT2D eigenvalue weighted by Crippen LogP contribution is -2.51. The van der Waals surface area contributed by atoms with Crippen molar-refractivity contribution in [1.82, 2.24) is 14.8 Å². The minimum atomic E-state index is -0.367. The molecule has 1 aromatic heterocycles. The third kappa shape index (κ3) is 6.96. The standard InChI is InChI=1S/C27H39N3O5/c1-18(2)7-6-8-21-13-23-25(28-14-21)35-24(19(3)15-30(27(23)33)20(4)17-31)16-29(5)26(32)22-9-11-34-12-10-22/h13-14,18-20,22,24,31H,7,9-12,15-17H2,1-5H3/t19-,20+,24-/m0/s1. The minimum absolute atomic E-state index is 0.0394. The number of likely N-dealkylation sites (N-methyl/N-ethyl adjacent to an activating group) is 1. The molecule has 1 fully saturated rings. The smallest absolute Gasteiger partial charge is 0.259 e. The van der Waals surface area contributed by atoms with Gasteiger partial charge in [0.2, 0.25) is 11.8 Å². The summed E-state index contributed by atoms with van der Waals surface area (Å²) in [4.78, 5) is 34.4. The Kier molecular flexibility index (Phi) is 9.53. The van der Waals surface area contributed by atoms with E-state index in [-0.39, 0.29) is 48.3 Å².